The van der Waals surface area contributed by atoms with Crippen LogP contribution in [-0.4, -0.2) is 27.0 Å². The number of nitrogens with one attached hydrogen (secondary N) is 1. The average molecular weight is 294 g/mol. The molecule has 22 heavy (non-hydrogen) atoms. The topological polar surface area (TPSA) is 59.8 Å². The fourth-order valence-electron chi connectivity index (χ4n) is 2.29. The molecule has 0 saturated carbocycles. The number of benzene rings is 1. The van der Waals surface area contributed by atoms with Gasteiger partial charge < -0.3 is 9.88 Å². The second-order valence-corrected chi connectivity index (χ2v) is 5.27. The van der Waals surface area contributed by atoms with Gasteiger partial charge in [0.1, 0.15) is 0 Å². The molecule has 0 saturated heterocycles. The molecule has 0 aliphatic heterocycles. The van der Waals surface area contributed by atoms with Crippen molar-refractivity contribution in [2.75, 3.05) is 6.54 Å². The molecule has 0 atom stereocenters. The molecule has 5 nitrogen and oxygen atoms in total. The highest BCUT2D eigenvalue weighted by atomic mass is 16.1. The van der Waals surface area contributed by atoms with Gasteiger partial charge in [-0.15, -0.1) is 0 Å². The van der Waals surface area contributed by atoms with Crippen molar-refractivity contribution in [3.05, 3.63) is 59.7 Å². The Balaban J connectivity index is 1.72. The predicted octanol–water partition coefficient (Wildman–Crippen LogP) is 2.48. The molecule has 0 radical (unpaired) electrons. The SMILES string of the molecule is Cc1nc2ccc(C(=O)NCCn3cccc3)cc2nc1C. The van der Waals surface area contributed by atoms with Gasteiger partial charge in [0.25, 0.3) is 5.91 Å². The van der Waals surface area contributed by atoms with Crippen LogP contribution < -0.4 is 5.32 Å². The van der Waals surface area contributed by atoms with Gasteiger partial charge in [-0.2, -0.15) is 0 Å². The van der Waals surface area contributed by atoms with Crippen molar-refractivity contribution in [2.45, 2.75) is 20.4 Å². The van der Waals surface area contributed by atoms with Crippen LogP contribution in [0.25, 0.3) is 11.0 Å². The fraction of sp³-hybridized carbons (Fsp3) is 0.235. The molecule has 2 heterocycles. The summed E-state index contributed by atoms with van der Waals surface area (Å²) in [5.74, 6) is -0.0888. The summed E-state index contributed by atoms with van der Waals surface area (Å²) in [6.07, 6.45) is 3.95. The van der Waals surface area contributed by atoms with Crippen LogP contribution in [0.3, 0.4) is 0 Å². The third kappa shape index (κ3) is 2.98. The van der Waals surface area contributed by atoms with Crippen LogP contribution in [0.1, 0.15) is 21.7 Å². The fourth-order valence-corrected chi connectivity index (χ4v) is 2.29. The van der Waals surface area contributed by atoms with Gasteiger partial charge in [0.15, 0.2) is 0 Å². The van der Waals surface area contributed by atoms with Crippen LogP contribution in [0.5, 0.6) is 0 Å². The minimum absolute atomic E-state index is 0.0888. The Morgan fingerprint density at radius 2 is 1.77 bits per heavy atom. The van der Waals surface area contributed by atoms with E-state index in [0.717, 1.165) is 29.0 Å². The summed E-state index contributed by atoms with van der Waals surface area (Å²) >= 11 is 0. The number of hydrogen-bond acceptors (Lipinski definition) is 3. The van der Waals surface area contributed by atoms with Crippen molar-refractivity contribution in [3.8, 4) is 0 Å². The number of aryl methyl sites for hydroxylation is 2. The van der Waals surface area contributed by atoms with Gasteiger partial charge >= 0.3 is 0 Å². The molecule has 1 amide bonds. The van der Waals surface area contributed by atoms with E-state index < -0.39 is 0 Å². The maximum atomic E-state index is 12.2. The van der Waals surface area contributed by atoms with Crippen molar-refractivity contribution >= 4 is 16.9 Å². The predicted molar refractivity (Wildman–Crippen MR) is 85.8 cm³/mol. The maximum absolute atomic E-state index is 12.2. The molecular weight excluding hydrogens is 276 g/mol. The Morgan fingerprint density at radius 3 is 2.50 bits per heavy atom. The minimum atomic E-state index is -0.0888. The zero-order valence-corrected chi connectivity index (χ0v) is 12.7. The molecule has 0 aliphatic rings. The lowest BCUT2D eigenvalue weighted by atomic mass is 10.1. The van der Waals surface area contributed by atoms with Crippen LogP contribution in [0, 0.1) is 13.8 Å². The van der Waals surface area contributed by atoms with E-state index in [1.165, 1.54) is 0 Å². The number of rotatable bonds is 4. The molecule has 2 aromatic heterocycles. The highest BCUT2D eigenvalue weighted by Crippen LogP contribution is 2.14. The first kappa shape index (κ1) is 14.3. The molecule has 0 spiro atoms. The molecule has 0 unspecified atom stereocenters. The normalized spacial score (nSPS) is 10.8. The third-order valence-electron chi connectivity index (χ3n) is 3.66. The van der Waals surface area contributed by atoms with Crippen molar-refractivity contribution < 1.29 is 4.79 Å². The summed E-state index contributed by atoms with van der Waals surface area (Å²) in [6.45, 7) is 5.20. The molecule has 0 aliphatic carbocycles. The number of nitrogens with zero attached hydrogens (tertiary/aromatic N) is 3. The van der Waals surface area contributed by atoms with E-state index in [-0.39, 0.29) is 5.91 Å². The molecule has 112 valence electrons. The Kier molecular flexibility index (Phi) is 3.87. The van der Waals surface area contributed by atoms with Crippen LogP contribution >= 0.6 is 0 Å². The van der Waals surface area contributed by atoms with Gasteiger partial charge in [0, 0.05) is 31.0 Å². The molecule has 1 N–H and O–H groups in total. The van der Waals surface area contributed by atoms with Crippen LogP contribution in [0.4, 0.5) is 0 Å². The molecule has 0 bridgehead atoms. The van der Waals surface area contributed by atoms with Gasteiger partial charge in [-0.05, 0) is 44.2 Å². The van der Waals surface area contributed by atoms with Crippen molar-refractivity contribution in [2.24, 2.45) is 0 Å². The van der Waals surface area contributed by atoms with E-state index in [9.17, 15) is 4.79 Å². The summed E-state index contributed by atoms with van der Waals surface area (Å²) in [7, 11) is 0. The lowest BCUT2D eigenvalue weighted by molar-refractivity contribution is 0.0952. The first-order valence-electron chi connectivity index (χ1n) is 7.27. The van der Waals surface area contributed by atoms with E-state index >= 15 is 0 Å². The minimum Gasteiger partial charge on any atom is -0.353 e. The summed E-state index contributed by atoms with van der Waals surface area (Å²) in [6, 6.07) is 9.36. The van der Waals surface area contributed by atoms with Gasteiger partial charge in [-0.25, -0.2) is 9.97 Å². The summed E-state index contributed by atoms with van der Waals surface area (Å²) in [5, 5.41) is 2.92. The monoisotopic (exact) mass is 294 g/mol. The summed E-state index contributed by atoms with van der Waals surface area (Å²) in [4.78, 5) is 21.2. The van der Waals surface area contributed by atoms with Gasteiger partial charge in [-0.3, -0.25) is 4.79 Å². The van der Waals surface area contributed by atoms with Crippen LogP contribution in [0.15, 0.2) is 42.7 Å². The standard InChI is InChI=1S/C17H18N4O/c1-12-13(2)20-16-11-14(5-6-15(16)19-12)17(22)18-7-10-21-8-3-4-9-21/h3-6,8-9,11H,7,10H2,1-2H3,(H,18,22). The molecule has 5 heteroatoms. The summed E-state index contributed by atoms with van der Waals surface area (Å²) in [5.41, 5.74) is 3.97. The molecule has 3 rings (SSSR count). The lowest BCUT2D eigenvalue weighted by Crippen LogP contribution is -2.26. The number of aromatic nitrogens is 3. The molecule has 3 aromatic rings. The first-order valence-corrected chi connectivity index (χ1v) is 7.27. The second-order valence-electron chi connectivity index (χ2n) is 5.27. The van der Waals surface area contributed by atoms with E-state index in [4.69, 9.17) is 0 Å². The highest BCUT2D eigenvalue weighted by Gasteiger charge is 2.08. The Bertz CT molecular complexity index is 809. The third-order valence-corrected chi connectivity index (χ3v) is 3.66. The van der Waals surface area contributed by atoms with Crippen molar-refractivity contribution in [1.29, 1.82) is 0 Å². The zero-order chi connectivity index (χ0) is 15.5. The quantitative estimate of drug-likeness (QED) is 0.804. The van der Waals surface area contributed by atoms with Crippen LogP contribution in [0.2, 0.25) is 0 Å². The second kappa shape index (κ2) is 5.97. The first-order chi connectivity index (χ1) is 10.6. The number of carbonyl (C=O) groups is 1. The maximum Gasteiger partial charge on any atom is 0.251 e. The molecular formula is C17H18N4O. The Morgan fingerprint density at radius 1 is 1.09 bits per heavy atom. The van der Waals surface area contributed by atoms with Gasteiger partial charge in [0.2, 0.25) is 0 Å². The van der Waals surface area contributed by atoms with Crippen molar-refractivity contribution in [3.63, 3.8) is 0 Å². The van der Waals surface area contributed by atoms with Gasteiger partial charge in [0.05, 0.1) is 22.4 Å². The summed E-state index contributed by atoms with van der Waals surface area (Å²) < 4.78 is 2.03. The number of amides is 1. The van der Waals surface area contributed by atoms with E-state index in [1.807, 2.05) is 49.0 Å². The lowest BCUT2D eigenvalue weighted by Gasteiger charge is -2.07. The van der Waals surface area contributed by atoms with E-state index in [0.29, 0.717) is 12.1 Å². The highest BCUT2D eigenvalue weighted by molar-refractivity contribution is 5.97. The Hall–Kier alpha value is -2.69. The number of hydrogen-bond donors (Lipinski definition) is 1. The van der Waals surface area contributed by atoms with E-state index in [1.54, 1.807) is 12.1 Å². The molecule has 1 aromatic carbocycles. The largest absolute Gasteiger partial charge is 0.353 e. The van der Waals surface area contributed by atoms with Crippen molar-refractivity contribution in [1.82, 2.24) is 19.9 Å². The Labute approximate surface area is 129 Å². The number of carbonyl (C=O) groups excluding carboxylic acids is 1. The smallest absolute Gasteiger partial charge is 0.251 e. The van der Waals surface area contributed by atoms with Crippen LogP contribution in [-0.2, 0) is 6.54 Å². The number of fused-ring (bicyclic) bond motifs is 1. The van der Waals surface area contributed by atoms with Gasteiger partial charge in [-0.1, -0.05) is 0 Å². The van der Waals surface area contributed by atoms with E-state index in [2.05, 4.69) is 15.3 Å². The molecule has 0 fully saturated rings. The zero-order valence-electron chi connectivity index (χ0n) is 12.7. The average Bonchev–Trinajstić information content (AvgIpc) is 3.01.